The summed E-state index contributed by atoms with van der Waals surface area (Å²) in [6.07, 6.45) is 1.59. The van der Waals surface area contributed by atoms with E-state index in [2.05, 4.69) is 25.6 Å². The first-order valence-electron chi connectivity index (χ1n) is 1.63. The van der Waals surface area contributed by atoms with Crippen molar-refractivity contribution < 1.29 is 19.2 Å². The molecule has 66 valence electrons. The molecule has 10 heteroatoms. The smallest absolute Gasteiger partial charge is 0.303 e. The van der Waals surface area contributed by atoms with Gasteiger partial charge in [-0.1, -0.05) is 0 Å². The first-order valence-corrected chi connectivity index (χ1v) is 3.99. The van der Waals surface area contributed by atoms with Gasteiger partial charge in [-0.25, -0.2) is 8.28 Å². The van der Waals surface area contributed by atoms with Gasteiger partial charge in [0.1, 0.15) is 0 Å². The molecule has 0 aromatic heterocycles. The second-order valence-corrected chi connectivity index (χ2v) is 3.04. The van der Waals surface area contributed by atoms with Gasteiger partial charge >= 0.3 is 7.82 Å². The van der Waals surface area contributed by atoms with Gasteiger partial charge in [-0.2, -0.15) is 5.26 Å². The van der Waals surface area contributed by atoms with Crippen LogP contribution in [0, 0.1) is 11.5 Å². The molecule has 11 heavy (non-hydrogen) atoms. The molecule has 0 unspecified atom stereocenters. The number of hydrogen-bond donors (Lipinski definition) is 5. The Kier molecular flexibility index (Phi) is 14.0. The van der Waals surface area contributed by atoms with E-state index in [9.17, 15) is 0 Å². The zero-order valence-corrected chi connectivity index (χ0v) is 7.17. The minimum absolute atomic E-state index is 0. The van der Waals surface area contributed by atoms with E-state index in [0.29, 0.717) is 0 Å². The van der Waals surface area contributed by atoms with E-state index >= 15 is 0 Å². The molecule has 0 spiro atoms. The first-order chi connectivity index (χ1) is 4.27. The molecule has 0 heterocycles. The number of nitrogens with zero attached hydrogens (tertiary/aromatic N) is 2. The highest BCUT2D eigenvalue weighted by molar-refractivity contribution is 7.93. The van der Waals surface area contributed by atoms with Crippen LogP contribution in [0.5, 0.6) is 0 Å². The Morgan fingerprint density at radius 3 is 1.45 bits per heavy atom. The molecule has 3 N–H and O–H groups in total. The Morgan fingerprint density at radius 1 is 1.36 bits per heavy atom. The van der Waals surface area contributed by atoms with Crippen LogP contribution in [0.25, 0.3) is 0 Å². The van der Waals surface area contributed by atoms with Crippen LogP contribution in [0.3, 0.4) is 0 Å². The molecular formula is CH8AlN2O4PS2. The summed E-state index contributed by atoms with van der Waals surface area (Å²) in [6.45, 7) is 0. The summed E-state index contributed by atoms with van der Waals surface area (Å²) in [5.74, 6) is 0. The Morgan fingerprint density at radius 2 is 1.45 bits per heavy atom. The molecule has 0 amide bonds. The number of phosphoric acid groups is 1. The fraction of sp³-hybridized carbons (Fsp3) is 0. The van der Waals surface area contributed by atoms with Crippen molar-refractivity contribution in [3.8, 4) is 6.19 Å². The summed E-state index contributed by atoms with van der Waals surface area (Å²) in [4.78, 5) is 21.6. The molecule has 0 fully saturated rings. The van der Waals surface area contributed by atoms with Gasteiger partial charge in [0.2, 0.25) is 6.19 Å². The van der Waals surface area contributed by atoms with Crippen LogP contribution >= 0.6 is 33.5 Å². The number of nitriles is 1. The predicted molar refractivity (Wildman–Crippen MR) is 49.6 cm³/mol. The maximum absolute atomic E-state index is 8.88. The molecule has 0 aromatic carbocycles. The molecule has 0 atom stereocenters. The van der Waals surface area contributed by atoms with E-state index in [0.717, 1.165) is 3.71 Å². The van der Waals surface area contributed by atoms with E-state index in [1.807, 2.05) is 0 Å². The Labute approximate surface area is 85.3 Å². The number of hydrogen-bond acceptors (Lipinski definition) is 5. The molecule has 0 aliphatic rings. The largest absolute Gasteiger partial charge is 0.466 e. The van der Waals surface area contributed by atoms with Crippen molar-refractivity contribution in [3.63, 3.8) is 0 Å². The number of thiol groups is 2. The van der Waals surface area contributed by atoms with E-state index in [1.165, 1.54) is 0 Å². The minimum atomic E-state index is -4.64. The molecule has 0 saturated carbocycles. The second-order valence-electron chi connectivity index (χ2n) is 0.903. The van der Waals surface area contributed by atoms with E-state index in [1.54, 1.807) is 6.19 Å². The lowest BCUT2D eigenvalue weighted by molar-refractivity contribution is 0.275. The standard InChI is InChI=1S/CH2N2S2.Al.H3O4P.3H/c2-1-3(4)5;;1-5(2,3)4;;;/h4-5H;;(H3,1,2,3,4);;;. The van der Waals surface area contributed by atoms with Crippen molar-refractivity contribution in [2.75, 3.05) is 0 Å². The molecule has 0 rings (SSSR count). The summed E-state index contributed by atoms with van der Waals surface area (Å²) in [7, 11) is -4.64. The maximum Gasteiger partial charge on any atom is 0.466 e. The van der Waals surface area contributed by atoms with E-state index in [4.69, 9.17) is 24.5 Å². The zero-order valence-electron chi connectivity index (χ0n) is 4.49. The predicted octanol–water partition coefficient (Wildman–Crippen LogP) is -1.65. The van der Waals surface area contributed by atoms with Crippen LogP contribution in [0.4, 0.5) is 0 Å². The molecule has 0 radical (unpaired) electrons. The summed E-state index contributed by atoms with van der Waals surface area (Å²) in [5.41, 5.74) is 0. The van der Waals surface area contributed by atoms with E-state index in [-0.39, 0.29) is 17.4 Å². The van der Waals surface area contributed by atoms with Crippen molar-refractivity contribution in [3.05, 3.63) is 0 Å². The topological polar surface area (TPSA) is 105 Å². The van der Waals surface area contributed by atoms with Crippen LogP contribution in [0.1, 0.15) is 0 Å². The average Bonchev–Trinajstić information content (AvgIpc) is 1.61. The fourth-order valence-corrected chi connectivity index (χ4v) is 0. The average molecular weight is 234 g/mol. The molecule has 0 aromatic rings. The quantitative estimate of drug-likeness (QED) is 0.113. The Balaban J connectivity index is -0.000000107. The number of rotatable bonds is 0. The highest BCUT2D eigenvalue weighted by Gasteiger charge is 2.00. The lowest BCUT2D eigenvalue weighted by atomic mass is 11.5. The SMILES string of the molecule is N#CN(S)S.O=P(O)(O)O.[AlH3]. The monoisotopic (exact) mass is 234 g/mol. The molecule has 0 aliphatic carbocycles. The highest BCUT2D eigenvalue weighted by atomic mass is 32.2. The fourth-order valence-electron chi connectivity index (χ4n) is 0. The van der Waals surface area contributed by atoms with Crippen LogP contribution in [-0.2, 0) is 4.57 Å². The summed E-state index contributed by atoms with van der Waals surface area (Å²) >= 11 is 6.87. The second kappa shape index (κ2) is 8.73. The van der Waals surface area contributed by atoms with Gasteiger partial charge in [0.15, 0.2) is 17.4 Å². The van der Waals surface area contributed by atoms with Gasteiger partial charge in [-0.15, -0.1) is 0 Å². The third-order valence-electron chi connectivity index (χ3n) is 0.0894. The van der Waals surface area contributed by atoms with Gasteiger partial charge in [0.05, 0.1) is 0 Å². The molecule has 0 bridgehead atoms. The lowest BCUT2D eigenvalue weighted by Gasteiger charge is -1.85. The van der Waals surface area contributed by atoms with Crippen molar-refractivity contribution in [1.82, 2.24) is 3.71 Å². The maximum atomic E-state index is 8.88. The lowest BCUT2D eigenvalue weighted by Crippen LogP contribution is -1.77. The van der Waals surface area contributed by atoms with Crippen molar-refractivity contribution in [1.29, 1.82) is 5.26 Å². The molecular weight excluding hydrogens is 226 g/mol. The molecule has 6 nitrogen and oxygen atoms in total. The third-order valence-corrected chi connectivity index (χ3v) is 0.268. The van der Waals surface area contributed by atoms with Crippen LogP contribution < -0.4 is 0 Å². The summed E-state index contributed by atoms with van der Waals surface area (Å²) < 4.78 is 9.70. The Hall–Kier alpha value is 0.632. The van der Waals surface area contributed by atoms with Gasteiger partial charge in [-0.3, -0.25) is 0 Å². The van der Waals surface area contributed by atoms with Crippen molar-refractivity contribution in [2.45, 2.75) is 0 Å². The zero-order chi connectivity index (χ0) is 8.78. The summed E-state index contributed by atoms with van der Waals surface area (Å²) in [6, 6.07) is 0. The van der Waals surface area contributed by atoms with Gasteiger partial charge in [0.25, 0.3) is 0 Å². The molecule has 0 aliphatic heterocycles. The Bertz CT molecular complexity index is 156. The van der Waals surface area contributed by atoms with Gasteiger partial charge in [-0.05, 0) is 25.6 Å². The van der Waals surface area contributed by atoms with Crippen LogP contribution in [-0.4, -0.2) is 35.8 Å². The van der Waals surface area contributed by atoms with Crippen LogP contribution in [0.15, 0.2) is 0 Å². The summed E-state index contributed by atoms with van der Waals surface area (Å²) in [5, 5.41) is 7.67. The van der Waals surface area contributed by atoms with Gasteiger partial charge in [0, 0.05) is 0 Å². The first kappa shape index (κ1) is 17.6. The van der Waals surface area contributed by atoms with E-state index < -0.39 is 7.82 Å². The normalized spacial score (nSPS) is 8.00. The molecule has 0 saturated heterocycles. The minimum Gasteiger partial charge on any atom is -0.303 e. The third kappa shape index (κ3) is 114. The highest BCUT2D eigenvalue weighted by Crippen LogP contribution is 2.25. The van der Waals surface area contributed by atoms with Crippen LogP contribution in [0.2, 0.25) is 0 Å². The van der Waals surface area contributed by atoms with Crippen molar-refractivity contribution in [2.24, 2.45) is 0 Å². The van der Waals surface area contributed by atoms with Crippen molar-refractivity contribution >= 4 is 50.8 Å². The van der Waals surface area contributed by atoms with Gasteiger partial charge < -0.3 is 14.7 Å².